The van der Waals surface area contributed by atoms with Gasteiger partial charge in [-0.2, -0.15) is 0 Å². The Morgan fingerprint density at radius 1 is 0.800 bits per heavy atom. The van der Waals surface area contributed by atoms with Gasteiger partial charge in [0.2, 0.25) is 5.91 Å². The standard InChI is InChI=1S/C28H25Cl2N3O5S2/c1-19-9-13-25(14-10-19)40(37,38)33(23-6-3-5-21(29)17-23)18-28(34)31-22-11-15-24(16-12-22)39(35,36)32-27-8-4-7-26(30)20(27)2/h3-17,32H,18H2,1-2H3,(H,31,34). The number of anilines is 3. The molecule has 0 aliphatic carbocycles. The molecule has 0 fully saturated rings. The predicted molar refractivity (Wildman–Crippen MR) is 159 cm³/mol. The quantitative estimate of drug-likeness (QED) is 0.231. The first kappa shape index (κ1) is 29.4. The van der Waals surface area contributed by atoms with Crippen LogP contribution in [0.4, 0.5) is 17.1 Å². The van der Waals surface area contributed by atoms with Crippen LogP contribution >= 0.6 is 23.2 Å². The maximum atomic E-state index is 13.5. The van der Waals surface area contributed by atoms with Crippen molar-refractivity contribution in [3.8, 4) is 0 Å². The summed E-state index contributed by atoms with van der Waals surface area (Å²) in [7, 11) is -8.05. The molecule has 0 saturated carbocycles. The van der Waals surface area contributed by atoms with Crippen molar-refractivity contribution in [2.75, 3.05) is 20.9 Å². The minimum Gasteiger partial charge on any atom is -0.325 e. The monoisotopic (exact) mass is 617 g/mol. The highest BCUT2D eigenvalue weighted by atomic mass is 35.5. The largest absolute Gasteiger partial charge is 0.325 e. The Kier molecular flexibility index (Phi) is 8.74. The molecule has 0 saturated heterocycles. The Balaban J connectivity index is 1.54. The van der Waals surface area contributed by atoms with Crippen LogP contribution in [-0.2, 0) is 24.8 Å². The molecule has 2 N–H and O–H groups in total. The van der Waals surface area contributed by atoms with Crippen LogP contribution in [0.1, 0.15) is 11.1 Å². The highest BCUT2D eigenvalue weighted by Gasteiger charge is 2.27. The van der Waals surface area contributed by atoms with Crippen molar-refractivity contribution in [2.24, 2.45) is 0 Å². The van der Waals surface area contributed by atoms with Crippen LogP contribution in [-0.4, -0.2) is 29.3 Å². The van der Waals surface area contributed by atoms with E-state index < -0.39 is 32.5 Å². The van der Waals surface area contributed by atoms with E-state index in [0.29, 0.717) is 21.3 Å². The lowest BCUT2D eigenvalue weighted by atomic mass is 10.2. The molecule has 4 rings (SSSR count). The summed E-state index contributed by atoms with van der Waals surface area (Å²) in [6.07, 6.45) is 0. The molecular formula is C28H25Cl2N3O5S2. The van der Waals surface area contributed by atoms with Gasteiger partial charge < -0.3 is 5.32 Å². The second-order valence-electron chi connectivity index (χ2n) is 8.90. The van der Waals surface area contributed by atoms with Gasteiger partial charge in [0, 0.05) is 15.7 Å². The Morgan fingerprint density at radius 3 is 2.08 bits per heavy atom. The topological polar surface area (TPSA) is 113 Å². The van der Waals surface area contributed by atoms with Crippen LogP contribution in [0.3, 0.4) is 0 Å². The first-order chi connectivity index (χ1) is 18.9. The number of benzene rings is 4. The van der Waals surface area contributed by atoms with Gasteiger partial charge in [-0.25, -0.2) is 16.8 Å². The first-order valence-electron chi connectivity index (χ1n) is 11.9. The van der Waals surface area contributed by atoms with Crippen molar-refractivity contribution in [3.63, 3.8) is 0 Å². The number of carbonyl (C=O) groups is 1. The average molecular weight is 619 g/mol. The number of amides is 1. The summed E-state index contributed by atoms with van der Waals surface area (Å²) in [5, 5.41) is 3.36. The van der Waals surface area contributed by atoms with Crippen molar-refractivity contribution >= 4 is 66.2 Å². The number of carbonyl (C=O) groups excluding carboxylic acids is 1. The number of rotatable bonds is 9. The zero-order valence-electron chi connectivity index (χ0n) is 21.4. The number of nitrogens with zero attached hydrogens (tertiary/aromatic N) is 1. The van der Waals surface area contributed by atoms with E-state index in [0.717, 1.165) is 9.87 Å². The minimum absolute atomic E-state index is 0.0166. The van der Waals surface area contributed by atoms with Crippen LogP contribution in [0.5, 0.6) is 0 Å². The van der Waals surface area contributed by atoms with Gasteiger partial charge >= 0.3 is 0 Å². The molecule has 0 bridgehead atoms. The molecule has 0 aliphatic rings. The van der Waals surface area contributed by atoms with Crippen molar-refractivity contribution in [2.45, 2.75) is 23.6 Å². The summed E-state index contributed by atoms with van der Waals surface area (Å²) in [6.45, 7) is 2.99. The molecule has 0 spiro atoms. The molecule has 8 nitrogen and oxygen atoms in total. The average Bonchev–Trinajstić information content (AvgIpc) is 2.90. The van der Waals surface area contributed by atoms with Crippen LogP contribution in [0.25, 0.3) is 0 Å². The minimum atomic E-state index is -4.12. The van der Waals surface area contributed by atoms with Crippen LogP contribution in [0.15, 0.2) is 101 Å². The summed E-state index contributed by atoms with van der Waals surface area (Å²) in [4.78, 5) is 13.0. The zero-order chi connectivity index (χ0) is 29.1. The Bertz CT molecular complexity index is 1760. The van der Waals surface area contributed by atoms with Gasteiger partial charge in [0.1, 0.15) is 6.54 Å². The van der Waals surface area contributed by atoms with Gasteiger partial charge in [-0.05, 0) is 86.1 Å². The van der Waals surface area contributed by atoms with E-state index in [-0.39, 0.29) is 21.2 Å². The highest BCUT2D eigenvalue weighted by molar-refractivity contribution is 7.93. The number of hydrogen-bond donors (Lipinski definition) is 2. The molecular weight excluding hydrogens is 593 g/mol. The maximum absolute atomic E-state index is 13.5. The van der Waals surface area contributed by atoms with E-state index in [9.17, 15) is 21.6 Å². The Morgan fingerprint density at radius 2 is 1.43 bits per heavy atom. The summed E-state index contributed by atoms with van der Waals surface area (Å²) >= 11 is 12.2. The summed E-state index contributed by atoms with van der Waals surface area (Å²) in [5.74, 6) is -0.640. The molecule has 1 amide bonds. The molecule has 40 heavy (non-hydrogen) atoms. The molecule has 4 aromatic rings. The van der Waals surface area contributed by atoms with Gasteiger partial charge in [0.15, 0.2) is 0 Å². The fourth-order valence-electron chi connectivity index (χ4n) is 3.75. The molecule has 4 aromatic carbocycles. The van der Waals surface area contributed by atoms with E-state index in [4.69, 9.17) is 23.2 Å². The van der Waals surface area contributed by atoms with Gasteiger partial charge in [-0.15, -0.1) is 0 Å². The van der Waals surface area contributed by atoms with Crippen LogP contribution in [0.2, 0.25) is 10.0 Å². The van der Waals surface area contributed by atoms with E-state index in [1.54, 1.807) is 55.5 Å². The van der Waals surface area contributed by atoms with E-state index in [1.165, 1.54) is 42.5 Å². The fourth-order valence-corrected chi connectivity index (χ4v) is 6.65. The second kappa shape index (κ2) is 11.9. The third kappa shape index (κ3) is 6.76. The molecule has 0 radical (unpaired) electrons. The van der Waals surface area contributed by atoms with Crippen LogP contribution in [0, 0.1) is 13.8 Å². The number of sulfonamides is 2. The van der Waals surface area contributed by atoms with E-state index in [1.807, 2.05) is 6.92 Å². The van der Waals surface area contributed by atoms with Gasteiger partial charge in [-0.1, -0.05) is 53.0 Å². The van der Waals surface area contributed by atoms with E-state index in [2.05, 4.69) is 10.0 Å². The van der Waals surface area contributed by atoms with Crippen molar-refractivity contribution in [1.82, 2.24) is 0 Å². The fraction of sp³-hybridized carbons (Fsp3) is 0.107. The number of nitrogens with one attached hydrogen (secondary N) is 2. The van der Waals surface area contributed by atoms with Gasteiger partial charge in [-0.3, -0.25) is 13.8 Å². The van der Waals surface area contributed by atoms with Gasteiger partial charge in [0.25, 0.3) is 20.0 Å². The van der Waals surface area contributed by atoms with Crippen molar-refractivity contribution < 1.29 is 21.6 Å². The maximum Gasteiger partial charge on any atom is 0.264 e. The second-order valence-corrected chi connectivity index (χ2v) is 13.3. The number of aryl methyl sites for hydroxylation is 1. The number of halogens is 2. The van der Waals surface area contributed by atoms with Crippen molar-refractivity contribution in [1.29, 1.82) is 0 Å². The third-order valence-corrected chi connectivity index (χ3v) is 9.77. The number of hydrogen-bond acceptors (Lipinski definition) is 5. The molecule has 0 aliphatic heterocycles. The SMILES string of the molecule is Cc1ccc(S(=O)(=O)N(CC(=O)Nc2ccc(S(=O)(=O)Nc3cccc(Cl)c3C)cc2)c2cccc(Cl)c2)cc1. The Labute approximate surface area is 243 Å². The molecule has 12 heteroatoms. The summed E-state index contributed by atoms with van der Waals surface area (Å²) in [6, 6.07) is 22.8. The Hall–Kier alpha value is -3.57. The van der Waals surface area contributed by atoms with Crippen LogP contribution < -0.4 is 14.3 Å². The predicted octanol–water partition coefficient (Wildman–Crippen LogP) is 6.25. The zero-order valence-corrected chi connectivity index (χ0v) is 24.6. The smallest absolute Gasteiger partial charge is 0.264 e. The third-order valence-electron chi connectivity index (χ3n) is 5.95. The molecule has 0 atom stereocenters. The van der Waals surface area contributed by atoms with Crippen molar-refractivity contribution in [3.05, 3.63) is 112 Å². The lowest BCUT2D eigenvalue weighted by molar-refractivity contribution is -0.114. The lowest BCUT2D eigenvalue weighted by Gasteiger charge is -2.24. The van der Waals surface area contributed by atoms with E-state index >= 15 is 0 Å². The normalized spacial score (nSPS) is 11.6. The summed E-state index contributed by atoms with van der Waals surface area (Å²) < 4.78 is 56.2. The lowest BCUT2D eigenvalue weighted by Crippen LogP contribution is -2.38. The molecule has 0 heterocycles. The highest BCUT2D eigenvalue weighted by Crippen LogP contribution is 2.28. The molecule has 0 aromatic heterocycles. The molecule has 0 unspecified atom stereocenters. The molecule has 208 valence electrons. The summed E-state index contributed by atoms with van der Waals surface area (Å²) in [5.41, 5.74) is 2.31. The first-order valence-corrected chi connectivity index (χ1v) is 15.6. The van der Waals surface area contributed by atoms with Gasteiger partial charge in [0.05, 0.1) is 21.2 Å².